The van der Waals surface area contributed by atoms with Crippen molar-refractivity contribution >= 4 is 22.5 Å². The number of carbonyl (C=O) groups is 1. The number of amides is 1. The SMILES string of the molecule is O=C(CNc1ccnc2ccc(C(F)(F)F)cc12)NC1CNC1. The Morgan fingerprint density at radius 1 is 1.30 bits per heavy atom. The predicted octanol–water partition coefficient (Wildman–Crippen LogP) is 1.75. The van der Waals surface area contributed by atoms with Gasteiger partial charge in [0, 0.05) is 30.4 Å². The summed E-state index contributed by atoms with van der Waals surface area (Å²) in [4.78, 5) is 15.8. The molecule has 0 unspecified atom stereocenters. The van der Waals surface area contributed by atoms with Gasteiger partial charge in [0.25, 0.3) is 0 Å². The van der Waals surface area contributed by atoms with Gasteiger partial charge < -0.3 is 16.0 Å². The van der Waals surface area contributed by atoms with Gasteiger partial charge in [-0.2, -0.15) is 13.2 Å². The van der Waals surface area contributed by atoms with E-state index in [0.717, 1.165) is 25.2 Å². The van der Waals surface area contributed by atoms with E-state index in [1.807, 2.05) is 0 Å². The maximum atomic E-state index is 12.8. The van der Waals surface area contributed by atoms with E-state index in [2.05, 4.69) is 20.9 Å². The lowest BCUT2D eigenvalue weighted by atomic mass is 10.1. The molecule has 0 bridgehead atoms. The molecular weight excluding hydrogens is 309 g/mol. The minimum Gasteiger partial charge on any atom is -0.376 e. The highest BCUT2D eigenvalue weighted by Gasteiger charge is 2.30. The quantitative estimate of drug-likeness (QED) is 0.802. The summed E-state index contributed by atoms with van der Waals surface area (Å²) in [5, 5.41) is 9.06. The second-order valence-corrected chi connectivity index (χ2v) is 5.36. The van der Waals surface area contributed by atoms with Gasteiger partial charge in [0.05, 0.1) is 23.7 Å². The van der Waals surface area contributed by atoms with E-state index in [4.69, 9.17) is 0 Å². The van der Waals surface area contributed by atoms with Crippen molar-refractivity contribution in [2.75, 3.05) is 25.0 Å². The molecule has 2 heterocycles. The third-order valence-corrected chi connectivity index (χ3v) is 3.65. The van der Waals surface area contributed by atoms with Crippen LogP contribution in [0.25, 0.3) is 10.9 Å². The lowest BCUT2D eigenvalue weighted by Gasteiger charge is -2.28. The van der Waals surface area contributed by atoms with Crippen LogP contribution in [0.5, 0.6) is 0 Å². The normalized spacial score (nSPS) is 15.3. The van der Waals surface area contributed by atoms with Crippen molar-refractivity contribution in [3.63, 3.8) is 0 Å². The maximum absolute atomic E-state index is 12.8. The number of pyridine rings is 1. The number of benzene rings is 1. The largest absolute Gasteiger partial charge is 0.416 e. The fraction of sp³-hybridized carbons (Fsp3) is 0.333. The van der Waals surface area contributed by atoms with Crippen LogP contribution in [0.1, 0.15) is 5.56 Å². The van der Waals surface area contributed by atoms with E-state index in [9.17, 15) is 18.0 Å². The molecule has 3 N–H and O–H groups in total. The molecule has 122 valence electrons. The summed E-state index contributed by atoms with van der Waals surface area (Å²) >= 11 is 0. The van der Waals surface area contributed by atoms with Crippen molar-refractivity contribution in [2.45, 2.75) is 12.2 Å². The van der Waals surface area contributed by atoms with E-state index in [1.165, 1.54) is 12.3 Å². The molecule has 0 aliphatic carbocycles. The zero-order valence-electron chi connectivity index (χ0n) is 12.1. The number of aromatic nitrogens is 1. The lowest BCUT2D eigenvalue weighted by Crippen LogP contribution is -2.57. The predicted molar refractivity (Wildman–Crippen MR) is 80.0 cm³/mol. The van der Waals surface area contributed by atoms with Crippen LogP contribution in [0.3, 0.4) is 0 Å². The first-order valence-corrected chi connectivity index (χ1v) is 7.13. The molecule has 1 aliphatic rings. The number of carbonyl (C=O) groups excluding carboxylic acids is 1. The Labute approximate surface area is 130 Å². The van der Waals surface area contributed by atoms with Crippen LogP contribution >= 0.6 is 0 Å². The van der Waals surface area contributed by atoms with Crippen molar-refractivity contribution in [1.82, 2.24) is 15.6 Å². The van der Waals surface area contributed by atoms with Crippen molar-refractivity contribution in [3.8, 4) is 0 Å². The Morgan fingerprint density at radius 2 is 2.09 bits per heavy atom. The molecule has 0 saturated carbocycles. The highest BCUT2D eigenvalue weighted by Crippen LogP contribution is 2.32. The van der Waals surface area contributed by atoms with Crippen LogP contribution in [0, 0.1) is 0 Å². The molecule has 0 spiro atoms. The third-order valence-electron chi connectivity index (χ3n) is 3.65. The fourth-order valence-corrected chi connectivity index (χ4v) is 2.32. The number of hydrogen-bond acceptors (Lipinski definition) is 4. The molecule has 1 saturated heterocycles. The van der Waals surface area contributed by atoms with Crippen molar-refractivity contribution in [2.24, 2.45) is 0 Å². The number of alkyl halides is 3. The van der Waals surface area contributed by atoms with Crippen LogP contribution < -0.4 is 16.0 Å². The number of halogens is 3. The minimum atomic E-state index is -4.42. The summed E-state index contributed by atoms with van der Waals surface area (Å²) < 4.78 is 38.5. The Hall–Kier alpha value is -2.35. The average Bonchev–Trinajstić information content (AvgIpc) is 2.47. The molecule has 3 rings (SSSR count). The summed E-state index contributed by atoms with van der Waals surface area (Å²) in [6, 6.07) is 5.04. The van der Waals surface area contributed by atoms with Crippen molar-refractivity contribution in [3.05, 3.63) is 36.0 Å². The minimum absolute atomic E-state index is 0.00808. The smallest absolute Gasteiger partial charge is 0.376 e. The number of rotatable bonds is 4. The van der Waals surface area contributed by atoms with Gasteiger partial charge in [-0.05, 0) is 24.3 Å². The van der Waals surface area contributed by atoms with Gasteiger partial charge in [-0.25, -0.2) is 0 Å². The van der Waals surface area contributed by atoms with Gasteiger partial charge >= 0.3 is 6.18 Å². The number of fused-ring (bicyclic) bond motifs is 1. The molecule has 5 nitrogen and oxygen atoms in total. The highest BCUT2D eigenvalue weighted by molar-refractivity contribution is 5.93. The molecule has 23 heavy (non-hydrogen) atoms. The second-order valence-electron chi connectivity index (χ2n) is 5.36. The van der Waals surface area contributed by atoms with Gasteiger partial charge in [-0.15, -0.1) is 0 Å². The van der Waals surface area contributed by atoms with Crippen LogP contribution in [0.15, 0.2) is 30.5 Å². The molecule has 8 heteroatoms. The Bertz CT molecular complexity index is 728. The number of nitrogens with one attached hydrogen (secondary N) is 3. The van der Waals surface area contributed by atoms with Crippen LogP contribution in [0.4, 0.5) is 18.9 Å². The monoisotopic (exact) mass is 324 g/mol. The molecule has 1 aromatic carbocycles. The van der Waals surface area contributed by atoms with Gasteiger partial charge in [0.15, 0.2) is 0 Å². The fourth-order valence-electron chi connectivity index (χ4n) is 2.32. The molecule has 0 radical (unpaired) electrons. The average molecular weight is 324 g/mol. The zero-order valence-corrected chi connectivity index (χ0v) is 12.1. The molecular formula is C15H15F3N4O. The van der Waals surface area contributed by atoms with Gasteiger partial charge in [0.1, 0.15) is 0 Å². The van der Waals surface area contributed by atoms with E-state index in [-0.39, 0.29) is 18.5 Å². The standard InChI is InChI=1S/C15H15F3N4O/c16-15(17,18)9-1-2-12-11(5-9)13(3-4-20-12)21-8-14(23)22-10-6-19-7-10/h1-5,10,19H,6-8H2,(H,20,21)(H,22,23). The topological polar surface area (TPSA) is 66.0 Å². The number of anilines is 1. The van der Waals surface area contributed by atoms with Gasteiger partial charge in [-0.3, -0.25) is 9.78 Å². The summed E-state index contributed by atoms with van der Waals surface area (Å²) in [5.41, 5.74) is 0.139. The number of nitrogens with zero attached hydrogens (tertiary/aromatic N) is 1. The van der Waals surface area contributed by atoms with E-state index in [0.29, 0.717) is 16.6 Å². The summed E-state index contributed by atoms with van der Waals surface area (Å²) in [6.07, 6.45) is -2.93. The molecule has 1 amide bonds. The maximum Gasteiger partial charge on any atom is 0.416 e. The second kappa shape index (κ2) is 6.04. The molecule has 1 fully saturated rings. The third kappa shape index (κ3) is 3.53. The van der Waals surface area contributed by atoms with Crippen molar-refractivity contribution < 1.29 is 18.0 Å². The van der Waals surface area contributed by atoms with E-state index >= 15 is 0 Å². The Balaban J connectivity index is 1.77. The van der Waals surface area contributed by atoms with Gasteiger partial charge in [0.2, 0.25) is 5.91 Å². The van der Waals surface area contributed by atoms with Crippen LogP contribution in [0.2, 0.25) is 0 Å². The lowest BCUT2D eigenvalue weighted by molar-refractivity contribution is -0.137. The van der Waals surface area contributed by atoms with Crippen molar-refractivity contribution in [1.29, 1.82) is 0 Å². The molecule has 2 aromatic rings. The highest BCUT2D eigenvalue weighted by atomic mass is 19.4. The Morgan fingerprint density at radius 3 is 2.74 bits per heavy atom. The first-order valence-electron chi connectivity index (χ1n) is 7.13. The Kier molecular flexibility index (Phi) is 4.08. The van der Waals surface area contributed by atoms with Crippen LogP contribution in [-0.2, 0) is 11.0 Å². The summed E-state index contributed by atoms with van der Waals surface area (Å²) in [6.45, 7) is 1.46. The van der Waals surface area contributed by atoms with Gasteiger partial charge in [-0.1, -0.05) is 0 Å². The first-order chi connectivity index (χ1) is 10.9. The van der Waals surface area contributed by atoms with E-state index in [1.54, 1.807) is 6.07 Å². The van der Waals surface area contributed by atoms with Crippen LogP contribution in [-0.4, -0.2) is 36.6 Å². The molecule has 0 atom stereocenters. The molecule has 1 aromatic heterocycles. The zero-order chi connectivity index (χ0) is 16.4. The first kappa shape index (κ1) is 15.5. The van der Waals surface area contributed by atoms with E-state index < -0.39 is 11.7 Å². The number of hydrogen-bond donors (Lipinski definition) is 3. The summed E-state index contributed by atoms with van der Waals surface area (Å²) in [7, 11) is 0. The molecule has 1 aliphatic heterocycles. The summed E-state index contributed by atoms with van der Waals surface area (Å²) in [5.74, 6) is -0.201.